The van der Waals surface area contributed by atoms with E-state index in [0.717, 1.165) is 48.9 Å². The molecule has 2 nitrogen and oxygen atoms in total. The van der Waals surface area contributed by atoms with Gasteiger partial charge in [0.25, 0.3) is 5.56 Å². The van der Waals surface area contributed by atoms with Crippen LogP contribution in [0.4, 0.5) is 0 Å². The van der Waals surface area contributed by atoms with Crippen molar-refractivity contribution in [2.75, 3.05) is 0 Å². The molecule has 0 fully saturated rings. The Bertz CT molecular complexity index is 1810. The number of hydrogen-bond acceptors (Lipinski definition) is 2. The first-order valence-electron chi connectivity index (χ1n) is 11.3. The SMILES string of the molecule is O=c1c2cccc3sc4cccc(c4c32)n1-c1cc(-c2ccccc2)cc(-c2ccccc2)c1. The molecule has 0 N–H and O–H groups in total. The Balaban J connectivity index is 1.61. The maximum absolute atomic E-state index is 14.0. The number of benzene rings is 5. The molecular formula is C31H19NOS. The van der Waals surface area contributed by atoms with Crippen molar-refractivity contribution in [2.24, 2.45) is 0 Å². The lowest BCUT2D eigenvalue weighted by atomic mass is 9.97. The third kappa shape index (κ3) is 2.84. The predicted octanol–water partition coefficient (Wildman–Crippen LogP) is 8.13. The van der Waals surface area contributed by atoms with Gasteiger partial charge in [-0.05, 0) is 64.7 Å². The first kappa shape index (κ1) is 19.3. The molecule has 7 rings (SSSR count). The van der Waals surface area contributed by atoms with Gasteiger partial charge in [0.2, 0.25) is 0 Å². The van der Waals surface area contributed by atoms with Gasteiger partial charge in [-0.2, -0.15) is 0 Å². The molecule has 0 saturated carbocycles. The van der Waals surface area contributed by atoms with Gasteiger partial charge in [0, 0.05) is 25.6 Å². The lowest BCUT2D eigenvalue weighted by Gasteiger charge is -2.16. The molecule has 0 bridgehead atoms. The van der Waals surface area contributed by atoms with Gasteiger partial charge in [-0.25, -0.2) is 0 Å². The van der Waals surface area contributed by atoms with Gasteiger partial charge in [-0.1, -0.05) is 72.8 Å². The molecule has 0 spiro atoms. The second-order valence-electron chi connectivity index (χ2n) is 8.57. The van der Waals surface area contributed by atoms with E-state index in [4.69, 9.17) is 0 Å². The zero-order chi connectivity index (χ0) is 22.6. The number of rotatable bonds is 3. The van der Waals surface area contributed by atoms with Crippen LogP contribution in [0, 0.1) is 0 Å². The van der Waals surface area contributed by atoms with Gasteiger partial charge in [-0.15, -0.1) is 11.3 Å². The Morgan fingerprint density at radius 1 is 0.529 bits per heavy atom. The molecular weight excluding hydrogens is 434 g/mol. The molecule has 0 aliphatic heterocycles. The summed E-state index contributed by atoms with van der Waals surface area (Å²) in [5, 5.41) is 3.03. The molecule has 5 aromatic carbocycles. The first-order chi connectivity index (χ1) is 16.8. The number of nitrogens with zero attached hydrogens (tertiary/aromatic N) is 1. The zero-order valence-corrected chi connectivity index (χ0v) is 19.0. The summed E-state index contributed by atoms with van der Waals surface area (Å²) in [5.74, 6) is 0. The highest BCUT2D eigenvalue weighted by atomic mass is 32.1. The van der Waals surface area contributed by atoms with Crippen LogP contribution >= 0.6 is 11.3 Å². The molecule has 0 unspecified atom stereocenters. The van der Waals surface area contributed by atoms with Crippen LogP contribution in [0.1, 0.15) is 0 Å². The molecule has 0 aliphatic carbocycles. The van der Waals surface area contributed by atoms with Crippen LogP contribution in [0.3, 0.4) is 0 Å². The van der Waals surface area contributed by atoms with Crippen molar-refractivity contribution in [1.82, 2.24) is 4.57 Å². The van der Waals surface area contributed by atoms with E-state index >= 15 is 0 Å². The largest absolute Gasteiger partial charge is 0.276 e. The topological polar surface area (TPSA) is 22.0 Å². The second kappa shape index (κ2) is 7.41. The first-order valence-corrected chi connectivity index (χ1v) is 12.1. The Morgan fingerprint density at radius 3 is 1.76 bits per heavy atom. The molecule has 0 saturated heterocycles. The average Bonchev–Trinajstić information content (AvgIpc) is 3.29. The van der Waals surface area contributed by atoms with Crippen molar-refractivity contribution in [3.8, 4) is 27.9 Å². The third-order valence-electron chi connectivity index (χ3n) is 6.56. The third-order valence-corrected chi connectivity index (χ3v) is 7.69. The minimum Gasteiger partial charge on any atom is -0.276 e. The zero-order valence-electron chi connectivity index (χ0n) is 18.2. The number of aromatic nitrogens is 1. The normalized spacial score (nSPS) is 11.6. The summed E-state index contributed by atoms with van der Waals surface area (Å²) in [6.45, 7) is 0. The molecule has 0 radical (unpaired) electrons. The van der Waals surface area contributed by atoms with Gasteiger partial charge < -0.3 is 0 Å². The fourth-order valence-corrected chi connectivity index (χ4v) is 6.19. The van der Waals surface area contributed by atoms with Crippen LogP contribution in [-0.4, -0.2) is 4.57 Å². The van der Waals surface area contributed by atoms with Crippen molar-refractivity contribution in [3.05, 3.63) is 126 Å². The number of hydrogen-bond donors (Lipinski definition) is 0. The lowest BCUT2D eigenvalue weighted by Crippen LogP contribution is -2.19. The van der Waals surface area contributed by atoms with E-state index in [-0.39, 0.29) is 5.56 Å². The number of pyridine rings is 1. The standard InChI is InChI=1S/C31H19NOS/c33-31-25-13-7-15-27-29(25)30-26(14-8-16-28(30)34-27)32(31)24-18-22(20-9-3-1-4-10-20)17-23(19-24)21-11-5-2-6-12-21/h1-19H. The van der Waals surface area contributed by atoms with Crippen molar-refractivity contribution >= 4 is 42.4 Å². The van der Waals surface area contributed by atoms with E-state index in [9.17, 15) is 4.79 Å². The smallest absolute Gasteiger partial charge is 0.263 e. The van der Waals surface area contributed by atoms with E-state index in [1.54, 1.807) is 11.3 Å². The Morgan fingerprint density at radius 2 is 1.12 bits per heavy atom. The minimum absolute atomic E-state index is 0.0215. The molecule has 160 valence electrons. The van der Waals surface area contributed by atoms with E-state index < -0.39 is 0 Å². The average molecular weight is 454 g/mol. The van der Waals surface area contributed by atoms with Gasteiger partial charge in [0.1, 0.15) is 0 Å². The monoisotopic (exact) mass is 453 g/mol. The fourth-order valence-electron chi connectivity index (χ4n) is 5.03. The molecule has 2 aromatic heterocycles. The summed E-state index contributed by atoms with van der Waals surface area (Å²) in [6.07, 6.45) is 0. The number of thiophene rings is 1. The van der Waals surface area contributed by atoms with Crippen molar-refractivity contribution in [1.29, 1.82) is 0 Å². The summed E-state index contributed by atoms with van der Waals surface area (Å²) in [4.78, 5) is 14.0. The lowest BCUT2D eigenvalue weighted by molar-refractivity contribution is 1.06. The summed E-state index contributed by atoms with van der Waals surface area (Å²) < 4.78 is 4.27. The van der Waals surface area contributed by atoms with Crippen molar-refractivity contribution < 1.29 is 0 Å². The maximum atomic E-state index is 14.0. The van der Waals surface area contributed by atoms with Crippen LogP contribution < -0.4 is 5.56 Å². The molecule has 3 heteroatoms. The fraction of sp³-hybridized carbons (Fsp3) is 0. The van der Waals surface area contributed by atoms with Gasteiger partial charge >= 0.3 is 0 Å². The second-order valence-corrected chi connectivity index (χ2v) is 9.66. The van der Waals surface area contributed by atoms with Crippen LogP contribution in [0.25, 0.3) is 59.0 Å². The maximum Gasteiger partial charge on any atom is 0.263 e. The molecule has 0 amide bonds. The molecule has 34 heavy (non-hydrogen) atoms. The van der Waals surface area contributed by atoms with Crippen LogP contribution in [-0.2, 0) is 0 Å². The quantitative estimate of drug-likeness (QED) is 0.248. The van der Waals surface area contributed by atoms with Gasteiger partial charge in [0.05, 0.1) is 11.2 Å². The minimum atomic E-state index is 0.0215. The molecule has 0 aliphatic rings. The van der Waals surface area contributed by atoms with Crippen molar-refractivity contribution in [2.45, 2.75) is 0 Å². The van der Waals surface area contributed by atoms with E-state index in [0.29, 0.717) is 0 Å². The summed E-state index contributed by atoms with van der Waals surface area (Å²) in [7, 11) is 0. The molecule has 0 atom stereocenters. The molecule has 7 aromatic rings. The highest BCUT2D eigenvalue weighted by Crippen LogP contribution is 2.40. The predicted molar refractivity (Wildman–Crippen MR) is 144 cm³/mol. The van der Waals surface area contributed by atoms with Gasteiger partial charge in [-0.3, -0.25) is 9.36 Å². The summed E-state index contributed by atoms with van der Waals surface area (Å²) >= 11 is 1.75. The van der Waals surface area contributed by atoms with Gasteiger partial charge in [0.15, 0.2) is 0 Å². The highest BCUT2D eigenvalue weighted by Gasteiger charge is 2.18. The van der Waals surface area contributed by atoms with E-state index in [1.165, 1.54) is 10.1 Å². The van der Waals surface area contributed by atoms with Crippen LogP contribution in [0.15, 0.2) is 120 Å². The van der Waals surface area contributed by atoms with E-state index in [1.807, 2.05) is 28.8 Å². The highest BCUT2D eigenvalue weighted by molar-refractivity contribution is 7.26. The Hall–Kier alpha value is -4.21. The Kier molecular flexibility index (Phi) is 4.20. The van der Waals surface area contributed by atoms with Crippen molar-refractivity contribution in [3.63, 3.8) is 0 Å². The summed E-state index contributed by atoms with van der Waals surface area (Å²) in [6, 6.07) is 39.5. The summed E-state index contributed by atoms with van der Waals surface area (Å²) in [5.41, 5.74) is 6.29. The Labute approximate surface area is 200 Å². The van der Waals surface area contributed by atoms with E-state index in [2.05, 4.69) is 91.0 Å². The van der Waals surface area contributed by atoms with Crippen LogP contribution in [0.5, 0.6) is 0 Å². The molecule has 2 heterocycles. The van der Waals surface area contributed by atoms with Crippen LogP contribution in [0.2, 0.25) is 0 Å².